The molecule has 5 heteroatoms. The maximum absolute atomic E-state index is 10.8. The van der Waals surface area contributed by atoms with E-state index in [2.05, 4.69) is 16.3 Å². The van der Waals surface area contributed by atoms with Gasteiger partial charge < -0.3 is 9.84 Å². The first kappa shape index (κ1) is 11.0. The summed E-state index contributed by atoms with van der Waals surface area (Å²) in [5.41, 5.74) is 4.04. The Morgan fingerprint density at radius 3 is 3.11 bits per heavy atom. The van der Waals surface area contributed by atoms with Gasteiger partial charge in [0.05, 0.1) is 18.9 Å². The van der Waals surface area contributed by atoms with Crippen LogP contribution in [0.1, 0.15) is 21.6 Å². The van der Waals surface area contributed by atoms with Crippen LogP contribution in [0.4, 0.5) is 0 Å². The first-order chi connectivity index (χ1) is 8.75. The molecule has 0 saturated carbocycles. The number of aromatic amines is 1. The fraction of sp³-hybridized carbons (Fsp3) is 0.231. The lowest BCUT2D eigenvalue weighted by Crippen LogP contribution is -2.10. The van der Waals surface area contributed by atoms with Crippen LogP contribution in [-0.2, 0) is 17.8 Å². The zero-order chi connectivity index (χ0) is 12.5. The number of H-pyrrole nitrogens is 1. The molecule has 0 bridgehead atoms. The summed E-state index contributed by atoms with van der Waals surface area (Å²) in [5, 5.41) is 15.5. The third-order valence-corrected chi connectivity index (χ3v) is 3.12. The Balaban J connectivity index is 2.08. The normalized spacial score (nSPS) is 14.2. The zero-order valence-electron chi connectivity index (χ0n) is 9.64. The molecule has 2 aromatic rings. The monoisotopic (exact) mass is 244 g/mol. The van der Waals surface area contributed by atoms with Gasteiger partial charge in [-0.15, -0.1) is 0 Å². The van der Waals surface area contributed by atoms with Crippen molar-refractivity contribution in [3.05, 3.63) is 41.1 Å². The van der Waals surface area contributed by atoms with Crippen molar-refractivity contribution in [3.63, 3.8) is 0 Å². The van der Waals surface area contributed by atoms with Gasteiger partial charge in [-0.1, -0.05) is 18.2 Å². The minimum Gasteiger partial charge on any atom is -0.477 e. The van der Waals surface area contributed by atoms with E-state index in [1.165, 1.54) is 5.56 Å². The average molecular weight is 244 g/mol. The second-order valence-corrected chi connectivity index (χ2v) is 4.22. The summed E-state index contributed by atoms with van der Waals surface area (Å²) in [7, 11) is 0. The number of ether oxygens (including phenoxy) is 1. The molecule has 92 valence electrons. The SMILES string of the molecule is O=C(O)c1cc(-c2cccc3c2COCC3)n[nH]1. The van der Waals surface area contributed by atoms with Crippen molar-refractivity contribution in [2.75, 3.05) is 6.61 Å². The predicted octanol–water partition coefficient (Wildman–Crippen LogP) is 1.85. The largest absolute Gasteiger partial charge is 0.477 e. The van der Waals surface area contributed by atoms with Gasteiger partial charge in [0.2, 0.25) is 0 Å². The molecule has 1 aliphatic rings. The van der Waals surface area contributed by atoms with Gasteiger partial charge in [-0.05, 0) is 23.6 Å². The third-order valence-electron chi connectivity index (χ3n) is 3.12. The van der Waals surface area contributed by atoms with Crippen molar-refractivity contribution in [1.29, 1.82) is 0 Å². The van der Waals surface area contributed by atoms with E-state index in [9.17, 15) is 4.79 Å². The molecule has 0 fully saturated rings. The van der Waals surface area contributed by atoms with Crippen molar-refractivity contribution in [1.82, 2.24) is 10.2 Å². The van der Waals surface area contributed by atoms with E-state index in [0.717, 1.165) is 24.2 Å². The van der Waals surface area contributed by atoms with Crippen LogP contribution in [0.25, 0.3) is 11.3 Å². The number of nitrogens with one attached hydrogen (secondary N) is 1. The van der Waals surface area contributed by atoms with Crippen molar-refractivity contribution in [3.8, 4) is 11.3 Å². The van der Waals surface area contributed by atoms with E-state index in [0.29, 0.717) is 12.3 Å². The number of carbonyl (C=O) groups is 1. The van der Waals surface area contributed by atoms with E-state index >= 15 is 0 Å². The number of aromatic nitrogens is 2. The van der Waals surface area contributed by atoms with Gasteiger partial charge in [-0.3, -0.25) is 5.10 Å². The zero-order valence-corrected chi connectivity index (χ0v) is 9.64. The first-order valence-corrected chi connectivity index (χ1v) is 5.73. The molecule has 18 heavy (non-hydrogen) atoms. The highest BCUT2D eigenvalue weighted by Gasteiger charge is 2.17. The molecule has 0 spiro atoms. The van der Waals surface area contributed by atoms with E-state index in [1.807, 2.05) is 12.1 Å². The number of aromatic carboxylic acids is 1. The average Bonchev–Trinajstić information content (AvgIpc) is 2.87. The third kappa shape index (κ3) is 1.78. The Kier molecular flexibility index (Phi) is 2.60. The molecule has 1 aromatic carbocycles. The number of hydrogen-bond acceptors (Lipinski definition) is 3. The maximum Gasteiger partial charge on any atom is 0.353 e. The highest BCUT2D eigenvalue weighted by Crippen LogP contribution is 2.28. The van der Waals surface area contributed by atoms with Crippen LogP contribution in [-0.4, -0.2) is 27.9 Å². The molecule has 0 unspecified atom stereocenters. The van der Waals surface area contributed by atoms with Gasteiger partial charge in [0.15, 0.2) is 0 Å². The molecule has 2 N–H and O–H groups in total. The number of nitrogens with zero attached hydrogens (tertiary/aromatic N) is 1. The van der Waals surface area contributed by atoms with Gasteiger partial charge in [-0.25, -0.2) is 4.79 Å². The highest BCUT2D eigenvalue weighted by atomic mass is 16.5. The minimum absolute atomic E-state index is 0.0966. The molecule has 0 radical (unpaired) electrons. The summed E-state index contributed by atoms with van der Waals surface area (Å²) in [5.74, 6) is -1.00. The molecule has 1 aromatic heterocycles. The topological polar surface area (TPSA) is 75.2 Å². The number of fused-ring (bicyclic) bond motifs is 1. The molecule has 0 saturated heterocycles. The number of rotatable bonds is 2. The first-order valence-electron chi connectivity index (χ1n) is 5.73. The highest BCUT2D eigenvalue weighted by molar-refractivity contribution is 5.87. The van der Waals surface area contributed by atoms with Crippen LogP contribution in [0.15, 0.2) is 24.3 Å². The molecular formula is C13H12N2O3. The fourth-order valence-corrected chi connectivity index (χ4v) is 2.20. The van der Waals surface area contributed by atoms with Crippen LogP contribution in [0.2, 0.25) is 0 Å². The van der Waals surface area contributed by atoms with Gasteiger partial charge in [0.25, 0.3) is 0 Å². The van der Waals surface area contributed by atoms with Crippen molar-refractivity contribution in [2.24, 2.45) is 0 Å². The van der Waals surface area contributed by atoms with Crippen LogP contribution < -0.4 is 0 Å². The van der Waals surface area contributed by atoms with E-state index < -0.39 is 5.97 Å². The van der Waals surface area contributed by atoms with Crippen molar-refractivity contribution < 1.29 is 14.6 Å². The Morgan fingerprint density at radius 1 is 1.44 bits per heavy atom. The molecule has 2 heterocycles. The van der Waals surface area contributed by atoms with E-state index in [4.69, 9.17) is 9.84 Å². The number of hydrogen-bond donors (Lipinski definition) is 2. The Morgan fingerprint density at radius 2 is 2.33 bits per heavy atom. The van der Waals surface area contributed by atoms with Crippen LogP contribution in [0.3, 0.4) is 0 Å². The van der Waals surface area contributed by atoms with Crippen molar-refractivity contribution >= 4 is 5.97 Å². The number of carboxylic acids is 1. The quantitative estimate of drug-likeness (QED) is 0.845. The molecule has 0 atom stereocenters. The summed E-state index contributed by atoms with van der Waals surface area (Å²) in [6.45, 7) is 1.29. The molecule has 3 rings (SSSR count). The Labute approximate surface area is 103 Å². The lowest BCUT2D eigenvalue weighted by atomic mass is 9.96. The standard InChI is InChI=1S/C13H12N2O3/c16-13(17)12-6-11(14-15-12)9-3-1-2-8-4-5-18-7-10(8)9/h1-3,6H,4-5,7H2,(H,14,15)(H,16,17). The van der Waals surface area contributed by atoms with E-state index in [-0.39, 0.29) is 5.69 Å². The Bertz CT molecular complexity index is 604. The maximum atomic E-state index is 10.8. The number of benzene rings is 1. The lowest BCUT2D eigenvalue weighted by Gasteiger charge is -2.18. The predicted molar refractivity (Wildman–Crippen MR) is 64.3 cm³/mol. The van der Waals surface area contributed by atoms with Crippen LogP contribution in [0, 0.1) is 0 Å². The summed E-state index contributed by atoms with van der Waals surface area (Å²) >= 11 is 0. The van der Waals surface area contributed by atoms with E-state index in [1.54, 1.807) is 6.07 Å². The van der Waals surface area contributed by atoms with Crippen LogP contribution in [0.5, 0.6) is 0 Å². The summed E-state index contributed by atoms with van der Waals surface area (Å²) in [4.78, 5) is 10.8. The van der Waals surface area contributed by atoms with Gasteiger partial charge in [0.1, 0.15) is 5.69 Å². The molecule has 0 amide bonds. The van der Waals surface area contributed by atoms with Crippen molar-refractivity contribution in [2.45, 2.75) is 13.0 Å². The van der Waals surface area contributed by atoms with Gasteiger partial charge in [0, 0.05) is 5.56 Å². The van der Waals surface area contributed by atoms with Crippen LogP contribution >= 0.6 is 0 Å². The Hall–Kier alpha value is -2.14. The molecule has 5 nitrogen and oxygen atoms in total. The van der Waals surface area contributed by atoms with Gasteiger partial charge in [-0.2, -0.15) is 5.10 Å². The summed E-state index contributed by atoms with van der Waals surface area (Å²) in [6.07, 6.45) is 0.888. The lowest BCUT2D eigenvalue weighted by molar-refractivity contribution is 0.0690. The van der Waals surface area contributed by atoms with Gasteiger partial charge >= 0.3 is 5.97 Å². The minimum atomic E-state index is -1.00. The molecule has 1 aliphatic heterocycles. The number of carboxylic acid groups (broad SMARTS) is 1. The second-order valence-electron chi connectivity index (χ2n) is 4.22. The second kappa shape index (κ2) is 4.27. The molecule has 0 aliphatic carbocycles. The fourth-order valence-electron chi connectivity index (χ4n) is 2.20. The molecular weight excluding hydrogens is 232 g/mol. The summed E-state index contributed by atoms with van der Waals surface area (Å²) in [6, 6.07) is 7.53. The smallest absolute Gasteiger partial charge is 0.353 e. The summed E-state index contributed by atoms with van der Waals surface area (Å²) < 4.78 is 5.46.